The van der Waals surface area contributed by atoms with Crippen molar-refractivity contribution < 1.29 is 19.0 Å². The van der Waals surface area contributed by atoms with Gasteiger partial charge in [0.05, 0.1) is 21.3 Å². The van der Waals surface area contributed by atoms with E-state index < -0.39 is 0 Å². The molecule has 5 nitrogen and oxygen atoms in total. The summed E-state index contributed by atoms with van der Waals surface area (Å²) >= 11 is 0. The van der Waals surface area contributed by atoms with Gasteiger partial charge in [-0.1, -0.05) is 0 Å². The predicted octanol–water partition coefficient (Wildman–Crippen LogP) is 1.47. The van der Waals surface area contributed by atoms with Crippen molar-refractivity contribution in [2.45, 2.75) is 0 Å². The first-order chi connectivity index (χ1) is 8.65. The van der Waals surface area contributed by atoms with Crippen LogP contribution in [0, 0.1) is 0 Å². The summed E-state index contributed by atoms with van der Waals surface area (Å²) in [7, 11) is 6.23. The lowest BCUT2D eigenvalue weighted by atomic mass is 10.1. The molecule has 18 heavy (non-hydrogen) atoms. The van der Waals surface area contributed by atoms with E-state index in [1.54, 1.807) is 46.6 Å². The summed E-state index contributed by atoms with van der Waals surface area (Å²) in [5.41, 5.74) is 0.735. The molecule has 0 saturated heterocycles. The van der Waals surface area contributed by atoms with Gasteiger partial charge in [0.25, 0.3) is 0 Å². The number of carbonyl (C=O) groups is 1. The van der Waals surface area contributed by atoms with Crippen LogP contribution in [0.3, 0.4) is 0 Å². The maximum absolute atomic E-state index is 11.2. The van der Waals surface area contributed by atoms with E-state index in [2.05, 4.69) is 5.32 Å². The molecule has 0 radical (unpaired) electrons. The van der Waals surface area contributed by atoms with Crippen molar-refractivity contribution in [1.29, 1.82) is 0 Å². The summed E-state index contributed by atoms with van der Waals surface area (Å²) in [6.45, 7) is 0. The molecule has 0 aliphatic rings. The third-order valence-corrected chi connectivity index (χ3v) is 2.40. The van der Waals surface area contributed by atoms with Gasteiger partial charge in [-0.2, -0.15) is 0 Å². The predicted molar refractivity (Wildman–Crippen MR) is 69.2 cm³/mol. The van der Waals surface area contributed by atoms with E-state index in [1.807, 2.05) is 0 Å². The Morgan fingerprint density at radius 1 is 1.06 bits per heavy atom. The smallest absolute Gasteiger partial charge is 0.243 e. The van der Waals surface area contributed by atoms with Crippen molar-refractivity contribution in [3.8, 4) is 17.2 Å². The van der Waals surface area contributed by atoms with Crippen molar-refractivity contribution >= 4 is 12.0 Å². The minimum atomic E-state index is -0.188. The third-order valence-electron chi connectivity index (χ3n) is 2.40. The van der Waals surface area contributed by atoms with Crippen LogP contribution in [0.25, 0.3) is 6.08 Å². The van der Waals surface area contributed by atoms with Crippen molar-refractivity contribution in [2.75, 3.05) is 28.4 Å². The summed E-state index contributed by atoms with van der Waals surface area (Å²) in [6.07, 6.45) is 3.07. The summed E-state index contributed by atoms with van der Waals surface area (Å²) in [6, 6.07) is 3.46. The Balaban J connectivity index is 3.17. The largest absolute Gasteiger partial charge is 0.496 e. The number of hydrogen-bond donors (Lipinski definition) is 1. The lowest BCUT2D eigenvalue weighted by Gasteiger charge is -2.12. The average molecular weight is 251 g/mol. The van der Waals surface area contributed by atoms with Crippen molar-refractivity contribution in [3.63, 3.8) is 0 Å². The molecule has 0 aliphatic heterocycles. The van der Waals surface area contributed by atoms with Crippen LogP contribution in [-0.2, 0) is 4.79 Å². The number of methoxy groups -OCH3 is 3. The Labute approximate surface area is 106 Å². The van der Waals surface area contributed by atoms with Gasteiger partial charge in [0.15, 0.2) is 11.5 Å². The van der Waals surface area contributed by atoms with Crippen LogP contribution in [0.2, 0.25) is 0 Å². The first-order valence-corrected chi connectivity index (χ1v) is 5.36. The average Bonchev–Trinajstić information content (AvgIpc) is 2.43. The van der Waals surface area contributed by atoms with Crippen LogP contribution in [0.5, 0.6) is 17.2 Å². The molecule has 0 fully saturated rings. The van der Waals surface area contributed by atoms with E-state index in [9.17, 15) is 4.79 Å². The molecule has 98 valence electrons. The molecular weight excluding hydrogens is 234 g/mol. The Hall–Kier alpha value is -2.17. The van der Waals surface area contributed by atoms with Gasteiger partial charge in [-0.25, -0.2) is 0 Å². The second kappa shape index (κ2) is 6.54. The molecule has 0 aliphatic carbocycles. The highest BCUT2D eigenvalue weighted by molar-refractivity contribution is 5.92. The molecule has 5 heteroatoms. The molecule has 0 aromatic heterocycles. The van der Waals surface area contributed by atoms with Crippen LogP contribution < -0.4 is 19.5 Å². The molecule has 1 aromatic carbocycles. The van der Waals surface area contributed by atoms with Crippen molar-refractivity contribution in [2.24, 2.45) is 0 Å². The van der Waals surface area contributed by atoms with Gasteiger partial charge in [0, 0.05) is 24.8 Å². The molecule has 0 saturated carbocycles. The zero-order valence-electron chi connectivity index (χ0n) is 10.9. The molecule has 0 spiro atoms. The van der Waals surface area contributed by atoms with E-state index in [-0.39, 0.29) is 5.91 Å². The van der Waals surface area contributed by atoms with Crippen molar-refractivity contribution in [1.82, 2.24) is 5.32 Å². The van der Waals surface area contributed by atoms with Crippen LogP contribution in [0.1, 0.15) is 5.56 Å². The van der Waals surface area contributed by atoms with Crippen molar-refractivity contribution in [3.05, 3.63) is 23.8 Å². The Morgan fingerprint density at radius 2 is 1.61 bits per heavy atom. The minimum Gasteiger partial charge on any atom is -0.496 e. The highest BCUT2D eigenvalue weighted by Gasteiger charge is 2.09. The Morgan fingerprint density at radius 3 is 2.11 bits per heavy atom. The quantitative estimate of drug-likeness (QED) is 0.805. The van der Waals surface area contributed by atoms with Gasteiger partial charge in [0.2, 0.25) is 5.91 Å². The number of likely N-dealkylation sites (N-methyl/N-ethyl adjacent to an activating group) is 1. The van der Waals surface area contributed by atoms with E-state index >= 15 is 0 Å². The maximum Gasteiger partial charge on any atom is 0.243 e. The zero-order chi connectivity index (χ0) is 13.5. The van der Waals surface area contributed by atoms with Crippen LogP contribution in [0.4, 0.5) is 0 Å². The molecule has 1 aromatic rings. The van der Waals surface area contributed by atoms with Crippen LogP contribution >= 0.6 is 0 Å². The summed E-state index contributed by atoms with van der Waals surface area (Å²) < 4.78 is 15.6. The molecule has 0 atom stereocenters. The fourth-order valence-corrected chi connectivity index (χ4v) is 1.43. The fraction of sp³-hybridized carbons (Fsp3) is 0.308. The molecular formula is C13H17NO4. The molecule has 0 unspecified atom stereocenters. The summed E-state index contributed by atoms with van der Waals surface area (Å²) in [5.74, 6) is 1.57. The Bertz CT molecular complexity index is 455. The SMILES string of the molecule is CNC(=O)/C=C/c1cc(OC)c(OC)cc1OC. The minimum absolute atomic E-state index is 0.188. The van der Waals surface area contributed by atoms with Gasteiger partial charge in [-0.15, -0.1) is 0 Å². The second-order valence-corrected chi connectivity index (χ2v) is 3.40. The van der Waals surface area contributed by atoms with E-state index in [0.717, 1.165) is 5.56 Å². The zero-order valence-corrected chi connectivity index (χ0v) is 10.9. The van der Waals surface area contributed by atoms with Gasteiger partial charge in [-0.05, 0) is 12.1 Å². The number of amides is 1. The van der Waals surface area contributed by atoms with Gasteiger partial charge in [-0.3, -0.25) is 4.79 Å². The second-order valence-electron chi connectivity index (χ2n) is 3.40. The number of rotatable bonds is 5. The lowest BCUT2D eigenvalue weighted by molar-refractivity contribution is -0.115. The fourth-order valence-electron chi connectivity index (χ4n) is 1.43. The van der Waals surface area contributed by atoms with Crippen LogP contribution in [0.15, 0.2) is 18.2 Å². The summed E-state index contributed by atoms with van der Waals surface area (Å²) in [4.78, 5) is 11.2. The van der Waals surface area contributed by atoms with E-state index in [4.69, 9.17) is 14.2 Å². The Kier molecular flexibility index (Phi) is 5.05. The van der Waals surface area contributed by atoms with Crippen LogP contribution in [-0.4, -0.2) is 34.3 Å². The number of benzene rings is 1. The number of hydrogen-bond acceptors (Lipinski definition) is 4. The standard InChI is InChI=1S/C13H17NO4/c1-14-13(15)6-5-9-7-11(17-3)12(18-4)8-10(9)16-2/h5-8H,1-4H3,(H,14,15)/b6-5+. The highest BCUT2D eigenvalue weighted by Crippen LogP contribution is 2.35. The van der Waals surface area contributed by atoms with E-state index in [0.29, 0.717) is 17.2 Å². The van der Waals surface area contributed by atoms with Gasteiger partial charge < -0.3 is 19.5 Å². The first-order valence-electron chi connectivity index (χ1n) is 5.36. The molecule has 1 N–H and O–H groups in total. The molecule has 1 amide bonds. The molecule has 1 rings (SSSR count). The molecule has 0 heterocycles. The highest BCUT2D eigenvalue weighted by atomic mass is 16.5. The number of ether oxygens (including phenoxy) is 3. The lowest BCUT2D eigenvalue weighted by Crippen LogP contribution is -2.13. The van der Waals surface area contributed by atoms with E-state index in [1.165, 1.54) is 6.08 Å². The monoisotopic (exact) mass is 251 g/mol. The van der Waals surface area contributed by atoms with Gasteiger partial charge >= 0.3 is 0 Å². The number of carbonyl (C=O) groups excluding carboxylic acids is 1. The topological polar surface area (TPSA) is 56.8 Å². The maximum atomic E-state index is 11.2. The normalized spacial score (nSPS) is 10.2. The van der Waals surface area contributed by atoms with Gasteiger partial charge in [0.1, 0.15) is 5.75 Å². The third kappa shape index (κ3) is 3.16. The first kappa shape index (κ1) is 13.9. The molecule has 0 bridgehead atoms. The number of nitrogens with one attached hydrogen (secondary N) is 1. The summed E-state index contributed by atoms with van der Waals surface area (Å²) in [5, 5.41) is 2.50.